The van der Waals surface area contributed by atoms with Crippen molar-refractivity contribution in [2.75, 3.05) is 13.7 Å². The molecule has 0 saturated heterocycles. The van der Waals surface area contributed by atoms with E-state index in [0.717, 1.165) is 11.3 Å². The number of hydrogen-bond acceptors (Lipinski definition) is 3. The minimum atomic E-state index is -0.133. The molecule has 0 aromatic heterocycles. The Kier molecular flexibility index (Phi) is 5.36. The molecule has 3 heteroatoms. The van der Waals surface area contributed by atoms with E-state index in [1.54, 1.807) is 7.11 Å². The molecule has 0 fully saturated rings. The Balaban J connectivity index is 1.96. The Morgan fingerprint density at radius 2 is 1.71 bits per heavy atom. The number of methoxy groups -OCH3 is 1. The molecule has 0 aliphatic heterocycles. The van der Waals surface area contributed by atoms with Crippen LogP contribution < -0.4 is 10.1 Å². The molecule has 2 rings (SSSR count). The van der Waals surface area contributed by atoms with Crippen LogP contribution in [0.15, 0.2) is 54.6 Å². The van der Waals surface area contributed by atoms with Gasteiger partial charge in [-0.2, -0.15) is 5.26 Å². The van der Waals surface area contributed by atoms with E-state index in [-0.39, 0.29) is 12.0 Å². The molecule has 3 nitrogen and oxygen atoms in total. The molecule has 2 aromatic carbocycles. The fraction of sp³-hybridized carbons (Fsp3) is 0.278. The van der Waals surface area contributed by atoms with E-state index in [4.69, 9.17) is 4.74 Å². The van der Waals surface area contributed by atoms with E-state index in [0.29, 0.717) is 6.54 Å². The van der Waals surface area contributed by atoms with Gasteiger partial charge in [-0.3, -0.25) is 0 Å². The summed E-state index contributed by atoms with van der Waals surface area (Å²) in [5, 5.41) is 12.7. The second kappa shape index (κ2) is 7.47. The first kappa shape index (κ1) is 15.1. The summed E-state index contributed by atoms with van der Waals surface area (Å²) in [5.41, 5.74) is 2.23. The Morgan fingerprint density at radius 1 is 1.05 bits per heavy atom. The molecule has 2 atom stereocenters. The predicted molar refractivity (Wildman–Crippen MR) is 84.2 cm³/mol. The van der Waals surface area contributed by atoms with Crippen LogP contribution in [0.25, 0.3) is 0 Å². The smallest absolute Gasteiger partial charge is 0.118 e. The van der Waals surface area contributed by atoms with E-state index < -0.39 is 0 Å². The average Bonchev–Trinajstić information content (AvgIpc) is 2.56. The Labute approximate surface area is 126 Å². The average molecular weight is 280 g/mol. The molecule has 0 spiro atoms. The van der Waals surface area contributed by atoms with Gasteiger partial charge in [-0.15, -0.1) is 0 Å². The highest BCUT2D eigenvalue weighted by Gasteiger charge is 2.12. The van der Waals surface area contributed by atoms with Crippen molar-refractivity contribution in [3.05, 3.63) is 65.7 Å². The number of nitrogens with one attached hydrogen (secondary N) is 1. The highest BCUT2D eigenvalue weighted by atomic mass is 16.5. The summed E-state index contributed by atoms with van der Waals surface area (Å²) in [7, 11) is 1.66. The van der Waals surface area contributed by atoms with E-state index in [9.17, 15) is 5.26 Å². The number of rotatable bonds is 6. The van der Waals surface area contributed by atoms with Gasteiger partial charge in [-0.1, -0.05) is 42.5 Å². The van der Waals surface area contributed by atoms with Crippen LogP contribution in [0.5, 0.6) is 5.75 Å². The summed E-state index contributed by atoms with van der Waals surface area (Å²) >= 11 is 0. The monoisotopic (exact) mass is 280 g/mol. The maximum Gasteiger partial charge on any atom is 0.118 e. The van der Waals surface area contributed by atoms with E-state index in [1.165, 1.54) is 5.56 Å². The molecule has 0 saturated carbocycles. The third-order valence-electron chi connectivity index (χ3n) is 3.60. The van der Waals surface area contributed by atoms with Crippen molar-refractivity contribution in [1.29, 1.82) is 5.26 Å². The van der Waals surface area contributed by atoms with Crippen LogP contribution in [-0.2, 0) is 0 Å². The number of benzene rings is 2. The summed E-state index contributed by atoms with van der Waals surface area (Å²) in [5.74, 6) is 0.719. The van der Waals surface area contributed by atoms with E-state index in [2.05, 4.69) is 18.3 Å². The topological polar surface area (TPSA) is 45.0 Å². The summed E-state index contributed by atoms with van der Waals surface area (Å²) in [6.07, 6.45) is 0. The molecule has 0 bridgehead atoms. The molecule has 21 heavy (non-hydrogen) atoms. The van der Waals surface area contributed by atoms with E-state index >= 15 is 0 Å². The fourth-order valence-corrected chi connectivity index (χ4v) is 2.23. The lowest BCUT2D eigenvalue weighted by molar-refractivity contribution is 0.414. The van der Waals surface area contributed by atoms with Gasteiger partial charge in [0.1, 0.15) is 5.75 Å². The van der Waals surface area contributed by atoms with Crippen molar-refractivity contribution >= 4 is 0 Å². The van der Waals surface area contributed by atoms with Crippen LogP contribution in [0, 0.1) is 11.3 Å². The molecule has 2 aromatic rings. The first-order chi connectivity index (χ1) is 10.2. The largest absolute Gasteiger partial charge is 0.497 e. The normalized spacial score (nSPS) is 13.2. The van der Waals surface area contributed by atoms with Crippen LogP contribution in [-0.4, -0.2) is 13.7 Å². The van der Waals surface area contributed by atoms with Crippen molar-refractivity contribution in [3.8, 4) is 11.8 Å². The molecule has 1 unspecified atom stereocenters. The van der Waals surface area contributed by atoms with Crippen molar-refractivity contribution in [2.24, 2.45) is 0 Å². The van der Waals surface area contributed by atoms with Crippen LogP contribution in [0.3, 0.4) is 0 Å². The third-order valence-corrected chi connectivity index (χ3v) is 3.60. The molecule has 0 aliphatic rings. The second-order valence-corrected chi connectivity index (χ2v) is 5.00. The lowest BCUT2D eigenvalue weighted by Gasteiger charge is -2.17. The van der Waals surface area contributed by atoms with Crippen LogP contribution in [0.2, 0.25) is 0 Å². The molecule has 0 heterocycles. The molecule has 108 valence electrons. The predicted octanol–water partition coefficient (Wildman–Crippen LogP) is 3.65. The molecular formula is C18H20N2O. The van der Waals surface area contributed by atoms with Crippen LogP contribution in [0.1, 0.15) is 30.0 Å². The molecule has 0 aliphatic carbocycles. The van der Waals surface area contributed by atoms with Gasteiger partial charge in [0.05, 0.1) is 19.1 Å². The minimum absolute atomic E-state index is 0.133. The van der Waals surface area contributed by atoms with Gasteiger partial charge in [0.25, 0.3) is 0 Å². The van der Waals surface area contributed by atoms with Gasteiger partial charge in [-0.25, -0.2) is 0 Å². The summed E-state index contributed by atoms with van der Waals surface area (Å²) in [6.45, 7) is 2.73. The van der Waals surface area contributed by atoms with Gasteiger partial charge in [0, 0.05) is 12.6 Å². The van der Waals surface area contributed by atoms with Crippen molar-refractivity contribution in [1.82, 2.24) is 5.32 Å². The van der Waals surface area contributed by atoms with Crippen LogP contribution in [0.4, 0.5) is 0 Å². The molecule has 0 amide bonds. The zero-order valence-electron chi connectivity index (χ0n) is 12.4. The first-order valence-corrected chi connectivity index (χ1v) is 7.06. The number of nitrogens with zero attached hydrogens (tertiary/aromatic N) is 1. The zero-order chi connectivity index (χ0) is 15.1. The zero-order valence-corrected chi connectivity index (χ0v) is 12.4. The van der Waals surface area contributed by atoms with Gasteiger partial charge in [0.2, 0.25) is 0 Å². The quantitative estimate of drug-likeness (QED) is 0.878. The lowest BCUT2D eigenvalue weighted by Crippen LogP contribution is -2.24. The standard InChI is InChI=1S/C18H20N2O/c1-14(15-8-10-18(21-2)11-9-15)20-13-17(12-19)16-6-4-3-5-7-16/h3-11,14,17,20H,13H2,1-2H3/t14-,17?/m0/s1. The number of ether oxygens (including phenoxy) is 1. The van der Waals surface area contributed by atoms with Gasteiger partial charge >= 0.3 is 0 Å². The molecular weight excluding hydrogens is 260 g/mol. The first-order valence-electron chi connectivity index (χ1n) is 7.06. The second-order valence-electron chi connectivity index (χ2n) is 5.00. The highest BCUT2D eigenvalue weighted by Crippen LogP contribution is 2.19. The SMILES string of the molecule is COc1ccc([C@H](C)NCC(C#N)c2ccccc2)cc1. The Hall–Kier alpha value is -2.31. The fourth-order valence-electron chi connectivity index (χ4n) is 2.23. The summed E-state index contributed by atoms with van der Waals surface area (Å²) in [6, 6.07) is 20.4. The molecule has 0 radical (unpaired) electrons. The Morgan fingerprint density at radius 3 is 2.29 bits per heavy atom. The van der Waals surface area contributed by atoms with Crippen molar-refractivity contribution < 1.29 is 4.74 Å². The number of nitriles is 1. The number of hydrogen-bond donors (Lipinski definition) is 1. The minimum Gasteiger partial charge on any atom is -0.497 e. The van der Waals surface area contributed by atoms with Crippen LogP contribution >= 0.6 is 0 Å². The highest BCUT2D eigenvalue weighted by molar-refractivity contribution is 5.29. The summed E-state index contributed by atoms with van der Waals surface area (Å²) < 4.78 is 5.16. The van der Waals surface area contributed by atoms with Gasteiger partial charge in [0.15, 0.2) is 0 Å². The maximum atomic E-state index is 9.32. The van der Waals surface area contributed by atoms with E-state index in [1.807, 2.05) is 54.6 Å². The third kappa shape index (κ3) is 4.08. The van der Waals surface area contributed by atoms with Crippen molar-refractivity contribution in [3.63, 3.8) is 0 Å². The van der Waals surface area contributed by atoms with Gasteiger partial charge in [-0.05, 0) is 30.2 Å². The molecule has 1 N–H and O–H groups in total. The Bertz CT molecular complexity index is 587. The summed E-state index contributed by atoms with van der Waals surface area (Å²) in [4.78, 5) is 0. The van der Waals surface area contributed by atoms with Gasteiger partial charge < -0.3 is 10.1 Å². The van der Waals surface area contributed by atoms with Crippen molar-refractivity contribution in [2.45, 2.75) is 18.9 Å². The maximum absolute atomic E-state index is 9.32. The lowest BCUT2D eigenvalue weighted by atomic mass is 10.00.